The molecule has 0 fully saturated rings. The number of hydrogen-bond donors (Lipinski definition) is 0. The van der Waals surface area contributed by atoms with Gasteiger partial charge in [-0.05, 0) is 64.4 Å². The fourth-order valence-corrected chi connectivity index (χ4v) is 7.12. The van der Waals surface area contributed by atoms with Crippen molar-refractivity contribution in [2.24, 2.45) is 0 Å². The highest BCUT2D eigenvalue weighted by molar-refractivity contribution is 6.09. The average Bonchev–Trinajstić information content (AvgIpc) is 3.85. The van der Waals surface area contributed by atoms with Crippen LogP contribution in [0.5, 0.6) is 0 Å². The van der Waals surface area contributed by atoms with E-state index in [0.717, 1.165) is 66.7 Å². The van der Waals surface area contributed by atoms with Crippen molar-refractivity contribution in [3.63, 3.8) is 0 Å². The van der Waals surface area contributed by atoms with Crippen LogP contribution in [0.25, 0.3) is 95.1 Å². The van der Waals surface area contributed by atoms with Gasteiger partial charge in [0.2, 0.25) is 11.8 Å². The van der Waals surface area contributed by atoms with Gasteiger partial charge in [-0.3, -0.25) is 4.57 Å². The molecule has 10 rings (SSSR count). The highest BCUT2D eigenvalue weighted by atomic mass is 16.4. The Morgan fingerprint density at radius 1 is 0.404 bits per heavy atom. The van der Waals surface area contributed by atoms with Crippen LogP contribution in [0.15, 0.2) is 180 Å². The molecule has 52 heavy (non-hydrogen) atoms. The quantitative estimate of drug-likeness (QED) is 0.176. The van der Waals surface area contributed by atoms with Gasteiger partial charge in [0.25, 0.3) is 0 Å². The van der Waals surface area contributed by atoms with Gasteiger partial charge in [-0.1, -0.05) is 127 Å². The fraction of sp³-hybridized carbons (Fsp3) is 0. The number of hydrogen-bond acceptors (Lipinski definition) is 5. The van der Waals surface area contributed by atoms with E-state index in [1.54, 1.807) is 0 Å². The molecule has 0 aliphatic rings. The zero-order chi connectivity index (χ0) is 34.4. The van der Waals surface area contributed by atoms with Crippen LogP contribution in [-0.4, -0.2) is 24.7 Å². The summed E-state index contributed by atoms with van der Waals surface area (Å²) in [5.74, 6) is 2.50. The fourth-order valence-electron chi connectivity index (χ4n) is 7.12. The van der Waals surface area contributed by atoms with Gasteiger partial charge in [-0.25, -0.2) is 9.97 Å². The molecule has 7 aromatic carbocycles. The third-order valence-corrected chi connectivity index (χ3v) is 9.60. The minimum Gasteiger partial charge on any atom is -0.416 e. The molecule has 3 aromatic heterocycles. The monoisotopic (exact) mass is 667 g/mol. The molecule has 0 saturated heterocycles. The lowest BCUT2D eigenvalue weighted by atomic mass is 9.97. The number of rotatable bonds is 6. The summed E-state index contributed by atoms with van der Waals surface area (Å²) in [5, 5.41) is 13.2. The van der Waals surface area contributed by atoms with E-state index >= 15 is 0 Å². The predicted molar refractivity (Wildman–Crippen MR) is 209 cm³/mol. The van der Waals surface area contributed by atoms with Gasteiger partial charge < -0.3 is 4.42 Å². The van der Waals surface area contributed by atoms with Crippen LogP contribution in [0, 0.1) is 0 Å². The van der Waals surface area contributed by atoms with E-state index in [1.165, 1.54) is 10.8 Å². The van der Waals surface area contributed by atoms with E-state index in [-0.39, 0.29) is 0 Å². The molecular weight excluding hydrogens is 639 g/mol. The van der Waals surface area contributed by atoms with E-state index in [1.807, 2.05) is 60.7 Å². The molecule has 244 valence electrons. The maximum Gasteiger partial charge on any atom is 0.248 e. The molecule has 6 heteroatoms. The summed E-state index contributed by atoms with van der Waals surface area (Å²) < 4.78 is 8.38. The Balaban J connectivity index is 1.08. The largest absolute Gasteiger partial charge is 0.416 e. The summed E-state index contributed by atoms with van der Waals surface area (Å²) in [4.78, 5) is 10.3. The van der Waals surface area contributed by atoms with Crippen molar-refractivity contribution < 1.29 is 4.42 Å². The molecule has 0 saturated carbocycles. The van der Waals surface area contributed by atoms with Crippen molar-refractivity contribution in [1.82, 2.24) is 24.7 Å². The third-order valence-electron chi connectivity index (χ3n) is 9.60. The van der Waals surface area contributed by atoms with Gasteiger partial charge in [0.15, 0.2) is 5.82 Å². The first kappa shape index (κ1) is 29.7. The third kappa shape index (κ3) is 5.13. The second-order valence-electron chi connectivity index (χ2n) is 12.8. The van der Waals surface area contributed by atoms with Crippen LogP contribution in [-0.2, 0) is 0 Å². The Hall–Kier alpha value is -7.18. The SMILES string of the molecule is c1ccc(-c2nc(-c3cccc(-c4ccc5c(-c6nnc(-c7ccccc7)o6)cccc5c4)c3)cc(-n3c4ccccc4c4ccccc43)n2)cc1. The van der Waals surface area contributed by atoms with Crippen LogP contribution in [0.4, 0.5) is 0 Å². The highest BCUT2D eigenvalue weighted by Crippen LogP contribution is 2.36. The van der Waals surface area contributed by atoms with Crippen LogP contribution >= 0.6 is 0 Å². The second-order valence-corrected chi connectivity index (χ2v) is 12.8. The van der Waals surface area contributed by atoms with Crippen LogP contribution in [0.1, 0.15) is 0 Å². The molecule has 0 N–H and O–H groups in total. The van der Waals surface area contributed by atoms with Crippen molar-refractivity contribution in [3.8, 4) is 62.5 Å². The van der Waals surface area contributed by atoms with E-state index in [0.29, 0.717) is 17.6 Å². The molecule has 0 spiro atoms. The van der Waals surface area contributed by atoms with Gasteiger partial charge in [-0.15, -0.1) is 10.2 Å². The van der Waals surface area contributed by atoms with Crippen molar-refractivity contribution in [3.05, 3.63) is 176 Å². The summed E-state index contributed by atoms with van der Waals surface area (Å²) in [7, 11) is 0. The molecule has 0 radical (unpaired) electrons. The van der Waals surface area contributed by atoms with E-state index in [9.17, 15) is 0 Å². The number of aromatic nitrogens is 5. The molecule has 0 bridgehead atoms. The summed E-state index contributed by atoms with van der Waals surface area (Å²) in [5.41, 5.74) is 9.01. The zero-order valence-corrected chi connectivity index (χ0v) is 27.9. The Kier molecular flexibility index (Phi) is 7.03. The first-order chi connectivity index (χ1) is 25.8. The summed E-state index contributed by atoms with van der Waals surface area (Å²) in [6, 6.07) is 60.4. The second kappa shape index (κ2) is 12.3. The van der Waals surface area contributed by atoms with Gasteiger partial charge in [0.05, 0.1) is 16.7 Å². The first-order valence-electron chi connectivity index (χ1n) is 17.2. The maximum atomic E-state index is 6.13. The zero-order valence-electron chi connectivity index (χ0n) is 27.9. The molecule has 10 aromatic rings. The molecule has 0 atom stereocenters. The van der Waals surface area contributed by atoms with Crippen molar-refractivity contribution >= 4 is 32.6 Å². The Morgan fingerprint density at radius 3 is 1.79 bits per heavy atom. The lowest BCUT2D eigenvalue weighted by Gasteiger charge is -2.13. The lowest BCUT2D eigenvalue weighted by molar-refractivity contribution is 0.585. The Bertz CT molecular complexity index is 2860. The number of para-hydroxylation sites is 2. The first-order valence-corrected chi connectivity index (χ1v) is 17.2. The predicted octanol–water partition coefficient (Wildman–Crippen LogP) is 11.4. The molecule has 0 amide bonds. The van der Waals surface area contributed by atoms with Gasteiger partial charge in [-0.2, -0.15) is 0 Å². The van der Waals surface area contributed by atoms with Crippen LogP contribution < -0.4 is 0 Å². The van der Waals surface area contributed by atoms with Crippen molar-refractivity contribution in [2.75, 3.05) is 0 Å². The van der Waals surface area contributed by atoms with E-state index in [2.05, 4.69) is 130 Å². The smallest absolute Gasteiger partial charge is 0.248 e. The minimum atomic E-state index is 0.497. The highest BCUT2D eigenvalue weighted by Gasteiger charge is 2.17. The van der Waals surface area contributed by atoms with Crippen molar-refractivity contribution in [1.29, 1.82) is 0 Å². The Morgan fingerprint density at radius 2 is 1.02 bits per heavy atom. The molecule has 3 heterocycles. The van der Waals surface area contributed by atoms with Gasteiger partial charge in [0.1, 0.15) is 5.82 Å². The van der Waals surface area contributed by atoms with Crippen molar-refractivity contribution in [2.45, 2.75) is 0 Å². The maximum absolute atomic E-state index is 6.13. The molecule has 0 aliphatic carbocycles. The lowest BCUT2D eigenvalue weighted by Crippen LogP contribution is -2.02. The van der Waals surface area contributed by atoms with Gasteiger partial charge >= 0.3 is 0 Å². The number of nitrogens with zero attached hydrogens (tertiary/aromatic N) is 5. The molecular formula is C46H29N5O. The van der Waals surface area contributed by atoms with E-state index in [4.69, 9.17) is 14.4 Å². The molecule has 0 aliphatic heterocycles. The average molecular weight is 668 g/mol. The van der Waals surface area contributed by atoms with Crippen LogP contribution in [0.2, 0.25) is 0 Å². The normalized spacial score (nSPS) is 11.5. The minimum absolute atomic E-state index is 0.497. The van der Waals surface area contributed by atoms with Crippen LogP contribution in [0.3, 0.4) is 0 Å². The molecule has 0 unspecified atom stereocenters. The summed E-state index contributed by atoms with van der Waals surface area (Å²) in [6.07, 6.45) is 0. The number of fused-ring (bicyclic) bond motifs is 4. The summed E-state index contributed by atoms with van der Waals surface area (Å²) in [6.45, 7) is 0. The Labute approximate surface area is 299 Å². The standard InChI is InChI=1S/C46H29N5O/c1-3-13-30(14-4-1)44-47-40(29-43(48-44)51-41-23-9-7-20-37(41)38-21-8-10-24-42(38)51)35-19-11-17-32(28-35)33-25-26-36-34(27-33)18-12-22-39(36)46-50-49-45(52-46)31-15-5-2-6-16-31/h1-29H. The topological polar surface area (TPSA) is 69.6 Å². The van der Waals surface area contributed by atoms with E-state index < -0.39 is 0 Å². The molecule has 6 nitrogen and oxygen atoms in total. The van der Waals surface area contributed by atoms with Gasteiger partial charge in [0, 0.05) is 39.1 Å². The summed E-state index contributed by atoms with van der Waals surface area (Å²) >= 11 is 0. The number of benzene rings is 7.